The van der Waals surface area contributed by atoms with Gasteiger partial charge in [0.25, 0.3) is 5.91 Å². The van der Waals surface area contributed by atoms with Crippen LogP contribution in [0.15, 0.2) is 24.3 Å². The Labute approximate surface area is 140 Å². The minimum absolute atomic E-state index is 0. The van der Waals surface area contributed by atoms with Gasteiger partial charge in [-0.3, -0.25) is 9.59 Å². The lowest BCUT2D eigenvalue weighted by molar-refractivity contribution is -0.140. The van der Waals surface area contributed by atoms with Crippen molar-refractivity contribution in [3.63, 3.8) is 0 Å². The van der Waals surface area contributed by atoms with Gasteiger partial charge in [0.05, 0.1) is 6.61 Å². The Hall–Kier alpha value is -1.34. The van der Waals surface area contributed by atoms with Gasteiger partial charge in [0, 0.05) is 18.1 Å². The molecular formula is C14H19Cl2N3O3. The van der Waals surface area contributed by atoms with Crippen LogP contribution in [-0.2, 0) is 19.9 Å². The lowest BCUT2D eigenvalue weighted by Gasteiger charge is -2.31. The molecule has 2 atom stereocenters. The highest BCUT2D eigenvalue weighted by Gasteiger charge is 2.37. The highest BCUT2D eigenvalue weighted by Crippen LogP contribution is 2.23. The van der Waals surface area contributed by atoms with E-state index in [1.807, 2.05) is 0 Å². The van der Waals surface area contributed by atoms with Gasteiger partial charge in [-0.15, -0.1) is 12.4 Å². The topological polar surface area (TPSA) is 93.4 Å². The van der Waals surface area contributed by atoms with Crippen LogP contribution >= 0.6 is 24.0 Å². The number of hydrogen-bond donors (Lipinski definition) is 3. The lowest BCUT2D eigenvalue weighted by Crippen LogP contribution is -2.57. The molecule has 2 rings (SSSR count). The van der Waals surface area contributed by atoms with E-state index in [1.165, 1.54) is 0 Å². The first-order chi connectivity index (χ1) is 9.93. The average molecular weight is 348 g/mol. The number of amides is 2. The zero-order chi connectivity index (χ0) is 15.5. The van der Waals surface area contributed by atoms with Gasteiger partial charge in [-0.05, 0) is 24.6 Å². The summed E-state index contributed by atoms with van der Waals surface area (Å²) in [4.78, 5) is 24.1. The molecule has 1 aromatic carbocycles. The molecule has 1 heterocycles. The maximum atomic E-state index is 12.3. The molecule has 0 aromatic heterocycles. The highest BCUT2D eigenvalue weighted by atomic mass is 35.5. The molecule has 1 fully saturated rings. The average Bonchev–Trinajstić information content (AvgIpc) is 2.47. The van der Waals surface area contributed by atoms with Crippen molar-refractivity contribution < 1.29 is 14.3 Å². The first-order valence-electron chi connectivity index (χ1n) is 6.64. The maximum Gasteiger partial charge on any atom is 0.251 e. The standard InChI is InChI=1S/C14H18ClN3O3.ClH/c1-14(13(16)20,9-3-2-4-10(15)7-9)18-12(19)11-8-17-5-6-21-11;/h2-4,7,11,17H,5-6,8H2,1H3,(H2,16,20)(H,18,19);1H. The minimum atomic E-state index is -1.34. The molecule has 6 nitrogen and oxygen atoms in total. The fourth-order valence-corrected chi connectivity index (χ4v) is 2.33. The Morgan fingerprint density at radius 2 is 2.23 bits per heavy atom. The summed E-state index contributed by atoms with van der Waals surface area (Å²) in [6.45, 7) is 3.10. The van der Waals surface area contributed by atoms with Gasteiger partial charge >= 0.3 is 0 Å². The van der Waals surface area contributed by atoms with Crippen LogP contribution < -0.4 is 16.4 Å². The SMILES string of the molecule is CC(NC(=O)C1CNCCO1)(C(N)=O)c1cccc(Cl)c1.Cl. The molecule has 122 valence electrons. The van der Waals surface area contributed by atoms with Crippen LogP contribution in [0.2, 0.25) is 5.02 Å². The van der Waals surface area contributed by atoms with Crippen molar-refractivity contribution >= 4 is 35.8 Å². The Morgan fingerprint density at radius 3 is 2.77 bits per heavy atom. The molecule has 22 heavy (non-hydrogen) atoms. The van der Waals surface area contributed by atoms with Crippen LogP contribution in [0.1, 0.15) is 12.5 Å². The Balaban J connectivity index is 0.00000242. The third-order valence-corrected chi connectivity index (χ3v) is 3.72. The second-order valence-corrected chi connectivity index (χ2v) is 5.49. The molecule has 2 unspecified atom stereocenters. The molecule has 0 bridgehead atoms. The summed E-state index contributed by atoms with van der Waals surface area (Å²) in [5, 5.41) is 6.19. The smallest absolute Gasteiger partial charge is 0.251 e. The van der Waals surface area contributed by atoms with Crippen molar-refractivity contribution in [2.75, 3.05) is 19.7 Å². The Kier molecular flexibility index (Phi) is 6.62. The number of carbonyl (C=O) groups excluding carboxylic acids is 2. The zero-order valence-corrected chi connectivity index (χ0v) is 13.7. The predicted molar refractivity (Wildman–Crippen MR) is 86.0 cm³/mol. The largest absolute Gasteiger partial charge is 0.367 e. The molecule has 4 N–H and O–H groups in total. The predicted octanol–water partition coefficient (Wildman–Crippen LogP) is 0.567. The number of ether oxygens (including phenoxy) is 1. The third kappa shape index (κ3) is 4.10. The van der Waals surface area contributed by atoms with Gasteiger partial charge in [0.2, 0.25) is 5.91 Å². The molecule has 0 radical (unpaired) electrons. The summed E-state index contributed by atoms with van der Waals surface area (Å²) in [7, 11) is 0. The van der Waals surface area contributed by atoms with Crippen molar-refractivity contribution in [2.24, 2.45) is 5.73 Å². The van der Waals surface area contributed by atoms with E-state index in [4.69, 9.17) is 22.1 Å². The van der Waals surface area contributed by atoms with Crippen molar-refractivity contribution in [3.05, 3.63) is 34.9 Å². The van der Waals surface area contributed by atoms with E-state index in [0.29, 0.717) is 30.3 Å². The number of primary amides is 1. The number of carbonyl (C=O) groups is 2. The van der Waals surface area contributed by atoms with Crippen molar-refractivity contribution in [3.8, 4) is 0 Å². The number of hydrogen-bond acceptors (Lipinski definition) is 4. The molecule has 8 heteroatoms. The maximum absolute atomic E-state index is 12.3. The molecule has 1 aliphatic rings. The summed E-state index contributed by atoms with van der Waals surface area (Å²) in [6.07, 6.45) is -0.642. The van der Waals surface area contributed by atoms with E-state index in [2.05, 4.69) is 10.6 Å². The molecule has 0 spiro atoms. The second-order valence-electron chi connectivity index (χ2n) is 5.05. The molecule has 0 aliphatic carbocycles. The Morgan fingerprint density at radius 1 is 1.50 bits per heavy atom. The van der Waals surface area contributed by atoms with Crippen LogP contribution in [0.3, 0.4) is 0 Å². The van der Waals surface area contributed by atoms with Gasteiger partial charge in [0.1, 0.15) is 11.6 Å². The van der Waals surface area contributed by atoms with Crippen molar-refractivity contribution in [1.82, 2.24) is 10.6 Å². The van der Waals surface area contributed by atoms with Gasteiger partial charge in [-0.25, -0.2) is 0 Å². The fraction of sp³-hybridized carbons (Fsp3) is 0.429. The zero-order valence-electron chi connectivity index (χ0n) is 12.1. The number of morpholine rings is 1. The molecule has 2 amide bonds. The summed E-state index contributed by atoms with van der Waals surface area (Å²) >= 11 is 5.94. The van der Waals surface area contributed by atoms with Crippen LogP contribution in [0.5, 0.6) is 0 Å². The summed E-state index contributed by atoms with van der Waals surface area (Å²) in [5.41, 5.74) is 4.66. The quantitative estimate of drug-likeness (QED) is 0.742. The monoisotopic (exact) mass is 347 g/mol. The van der Waals surface area contributed by atoms with Crippen molar-refractivity contribution in [1.29, 1.82) is 0 Å². The highest BCUT2D eigenvalue weighted by molar-refractivity contribution is 6.30. The third-order valence-electron chi connectivity index (χ3n) is 3.49. The van der Waals surface area contributed by atoms with Crippen LogP contribution in [0, 0.1) is 0 Å². The second kappa shape index (κ2) is 7.78. The van der Waals surface area contributed by atoms with Crippen LogP contribution in [0.25, 0.3) is 0 Å². The summed E-state index contributed by atoms with van der Waals surface area (Å²) < 4.78 is 5.37. The van der Waals surface area contributed by atoms with E-state index in [9.17, 15) is 9.59 Å². The molecule has 1 aliphatic heterocycles. The number of nitrogens with one attached hydrogen (secondary N) is 2. The first kappa shape index (κ1) is 18.7. The molecular weight excluding hydrogens is 329 g/mol. The molecule has 0 saturated carbocycles. The lowest BCUT2D eigenvalue weighted by atomic mass is 9.91. The number of rotatable bonds is 4. The van der Waals surface area contributed by atoms with E-state index < -0.39 is 17.6 Å². The van der Waals surface area contributed by atoms with Gasteiger partial charge in [-0.2, -0.15) is 0 Å². The Bertz CT molecular complexity index is 550. The van der Waals surface area contributed by atoms with E-state index in [0.717, 1.165) is 0 Å². The normalized spacial score (nSPS) is 20.4. The van der Waals surface area contributed by atoms with E-state index >= 15 is 0 Å². The number of halogens is 2. The fourth-order valence-electron chi connectivity index (χ4n) is 2.14. The first-order valence-corrected chi connectivity index (χ1v) is 7.01. The van der Waals surface area contributed by atoms with E-state index in [-0.39, 0.29) is 18.3 Å². The van der Waals surface area contributed by atoms with Crippen LogP contribution in [-0.4, -0.2) is 37.6 Å². The number of nitrogens with two attached hydrogens (primary N) is 1. The summed E-state index contributed by atoms with van der Waals surface area (Å²) in [6, 6.07) is 6.68. The van der Waals surface area contributed by atoms with Crippen LogP contribution in [0.4, 0.5) is 0 Å². The van der Waals surface area contributed by atoms with Crippen molar-refractivity contribution in [2.45, 2.75) is 18.6 Å². The van der Waals surface area contributed by atoms with Gasteiger partial charge < -0.3 is 21.1 Å². The minimum Gasteiger partial charge on any atom is -0.367 e. The summed E-state index contributed by atoms with van der Waals surface area (Å²) in [5.74, 6) is -1.05. The van der Waals surface area contributed by atoms with Gasteiger partial charge in [-0.1, -0.05) is 23.7 Å². The van der Waals surface area contributed by atoms with E-state index in [1.54, 1.807) is 31.2 Å². The molecule has 1 aromatic rings. The number of benzene rings is 1. The molecule has 1 saturated heterocycles. The van der Waals surface area contributed by atoms with Gasteiger partial charge in [0.15, 0.2) is 0 Å².